The molecule has 14 heteroatoms. The van der Waals surface area contributed by atoms with E-state index in [-0.39, 0.29) is 30.6 Å². The van der Waals surface area contributed by atoms with Crippen LogP contribution in [-0.4, -0.2) is 72.4 Å². The maximum absolute atomic E-state index is 12.6. The highest BCUT2D eigenvalue weighted by Gasteiger charge is 2.14. The molecule has 0 bridgehead atoms. The SMILES string of the molecule is COc1cc(/C=C/c2cc[n+](CC(=O)CCCSSCCNC(=O)C[n+]3ccc(/C=C/c4cc(OC)c(OC)c(OC)c4)cc3)cc2)cc(OC)c1OC.Cl. The summed E-state index contributed by atoms with van der Waals surface area (Å²) in [4.78, 5) is 25.0. The molecular formula is C41H50ClN3O8S2+2. The van der Waals surface area contributed by atoms with Crippen LogP contribution in [0.1, 0.15) is 35.1 Å². The first-order valence-corrected chi connectivity index (χ1v) is 19.8. The van der Waals surface area contributed by atoms with E-state index in [2.05, 4.69) is 5.32 Å². The second kappa shape index (κ2) is 23.8. The zero-order chi connectivity index (χ0) is 38.7. The minimum Gasteiger partial charge on any atom is -0.493 e. The molecule has 2 heterocycles. The minimum absolute atomic E-state index is 0. The second-order valence-electron chi connectivity index (χ2n) is 11.8. The molecule has 0 spiro atoms. The van der Waals surface area contributed by atoms with E-state index in [1.807, 2.05) is 107 Å². The molecule has 0 saturated heterocycles. The van der Waals surface area contributed by atoms with Crippen LogP contribution in [0.3, 0.4) is 0 Å². The fourth-order valence-corrected chi connectivity index (χ4v) is 7.33. The van der Waals surface area contributed by atoms with Gasteiger partial charge in [0.05, 0.1) is 42.7 Å². The number of hydrogen-bond acceptors (Lipinski definition) is 10. The van der Waals surface area contributed by atoms with Crippen LogP contribution in [0.5, 0.6) is 34.5 Å². The molecule has 2 aromatic heterocycles. The number of pyridine rings is 2. The standard InChI is InChI=1S/C41H48N3O8S2.ClH/c1-47-35-24-32(25-36(48-2)40(35)51-5)11-9-30-13-18-43(19-14-30)28-34(45)8-7-22-53-54-23-17-42-39(46)29-44-20-15-31(16-21-44)10-12-33-26-37(49-3)41(52-6)38(27-33)50-4;/h9-16,18-21,24-27H,7-8,17,22-23,28-29H2,1-6H3;1H/q+1;/p+1/b11-9+,12-10+;. The van der Waals surface area contributed by atoms with E-state index in [1.54, 1.807) is 64.2 Å². The van der Waals surface area contributed by atoms with Gasteiger partial charge in [-0.25, -0.2) is 0 Å². The lowest BCUT2D eigenvalue weighted by Crippen LogP contribution is -2.42. The number of nitrogens with one attached hydrogen (secondary N) is 1. The summed E-state index contributed by atoms with van der Waals surface area (Å²) >= 11 is 0. The van der Waals surface area contributed by atoms with Crippen LogP contribution in [0.4, 0.5) is 0 Å². The summed E-state index contributed by atoms with van der Waals surface area (Å²) in [5.74, 6) is 5.28. The van der Waals surface area contributed by atoms with Crippen molar-refractivity contribution < 1.29 is 47.1 Å². The van der Waals surface area contributed by atoms with Gasteiger partial charge in [-0.3, -0.25) is 9.59 Å². The molecule has 0 atom stereocenters. The molecule has 0 unspecified atom stereocenters. The molecule has 2 aromatic carbocycles. The van der Waals surface area contributed by atoms with E-state index in [0.29, 0.717) is 54.0 Å². The molecular weight excluding hydrogens is 762 g/mol. The summed E-state index contributed by atoms with van der Waals surface area (Å²) in [7, 11) is 12.9. The van der Waals surface area contributed by atoms with Gasteiger partial charge in [0.2, 0.25) is 24.6 Å². The third-order valence-corrected chi connectivity index (χ3v) is 10.6. The Hall–Kier alpha value is -4.85. The Morgan fingerprint density at radius 1 is 0.582 bits per heavy atom. The Morgan fingerprint density at radius 2 is 0.982 bits per heavy atom. The van der Waals surface area contributed by atoms with Crippen molar-refractivity contribution in [1.82, 2.24) is 5.32 Å². The number of methoxy groups -OCH3 is 6. The average molecular weight is 812 g/mol. The van der Waals surface area contributed by atoms with Gasteiger partial charge in [-0.2, -0.15) is 9.13 Å². The van der Waals surface area contributed by atoms with Crippen LogP contribution >= 0.6 is 34.0 Å². The Bertz CT molecular complexity index is 1700. The normalized spacial score (nSPS) is 10.9. The van der Waals surface area contributed by atoms with E-state index >= 15 is 0 Å². The number of halogens is 1. The molecule has 11 nitrogen and oxygen atoms in total. The van der Waals surface area contributed by atoms with Crippen molar-refractivity contribution in [2.24, 2.45) is 0 Å². The van der Waals surface area contributed by atoms with E-state index in [4.69, 9.17) is 28.4 Å². The van der Waals surface area contributed by atoms with Gasteiger partial charge in [-0.15, -0.1) is 12.4 Å². The number of amides is 1. The van der Waals surface area contributed by atoms with Gasteiger partial charge in [0.1, 0.15) is 0 Å². The van der Waals surface area contributed by atoms with Gasteiger partial charge in [-0.05, 0) is 52.9 Å². The van der Waals surface area contributed by atoms with Gasteiger partial charge in [0, 0.05) is 48.7 Å². The number of carbonyl (C=O) groups is 2. The van der Waals surface area contributed by atoms with Crippen LogP contribution in [-0.2, 0) is 22.7 Å². The van der Waals surface area contributed by atoms with Crippen LogP contribution in [0, 0.1) is 0 Å². The number of carbonyl (C=O) groups excluding carboxylic acids is 2. The summed E-state index contributed by atoms with van der Waals surface area (Å²) in [6.45, 7) is 1.16. The van der Waals surface area contributed by atoms with Crippen LogP contribution < -0.4 is 42.9 Å². The summed E-state index contributed by atoms with van der Waals surface area (Å²) in [5.41, 5.74) is 3.81. The Morgan fingerprint density at radius 3 is 1.40 bits per heavy atom. The van der Waals surface area contributed by atoms with Gasteiger partial charge in [0.25, 0.3) is 5.91 Å². The Balaban J connectivity index is 0.00000812. The third-order valence-electron chi connectivity index (χ3n) is 8.10. The molecule has 0 aliphatic carbocycles. The lowest BCUT2D eigenvalue weighted by Gasteiger charge is -2.12. The van der Waals surface area contributed by atoms with Crippen molar-refractivity contribution >= 4 is 70.0 Å². The first-order valence-electron chi connectivity index (χ1n) is 17.3. The lowest BCUT2D eigenvalue weighted by molar-refractivity contribution is -0.684. The molecule has 0 aliphatic heterocycles. The van der Waals surface area contributed by atoms with Crippen LogP contribution in [0.25, 0.3) is 24.3 Å². The number of nitrogens with zero attached hydrogens (tertiary/aromatic N) is 2. The Kier molecular flexibility index (Phi) is 19.3. The second-order valence-corrected chi connectivity index (χ2v) is 14.5. The number of Topliss-reactive ketones (excluding diaryl/α,β-unsaturated/α-hetero) is 1. The molecule has 4 rings (SSSR count). The summed E-state index contributed by atoms with van der Waals surface area (Å²) in [6, 6.07) is 15.4. The number of rotatable bonds is 22. The van der Waals surface area contributed by atoms with Crippen LogP contribution in [0.2, 0.25) is 0 Å². The van der Waals surface area contributed by atoms with Crippen molar-refractivity contribution in [2.75, 3.05) is 60.7 Å². The molecule has 0 aliphatic rings. The highest BCUT2D eigenvalue weighted by molar-refractivity contribution is 8.76. The minimum atomic E-state index is -0.0444. The largest absolute Gasteiger partial charge is 0.493 e. The zero-order valence-electron chi connectivity index (χ0n) is 32.1. The van der Waals surface area contributed by atoms with Crippen molar-refractivity contribution in [3.63, 3.8) is 0 Å². The molecule has 1 N–H and O–H groups in total. The number of ketones is 1. The third kappa shape index (κ3) is 14.1. The maximum Gasteiger partial charge on any atom is 0.286 e. The highest BCUT2D eigenvalue weighted by atomic mass is 35.5. The molecule has 294 valence electrons. The summed E-state index contributed by atoms with van der Waals surface area (Å²) in [5, 5.41) is 2.98. The average Bonchev–Trinajstić information content (AvgIpc) is 3.20. The first-order chi connectivity index (χ1) is 26.3. The van der Waals surface area contributed by atoms with E-state index < -0.39 is 0 Å². The molecule has 0 fully saturated rings. The predicted octanol–water partition coefficient (Wildman–Crippen LogP) is 6.62. The van der Waals surface area contributed by atoms with E-state index in [0.717, 1.165) is 40.2 Å². The van der Waals surface area contributed by atoms with Crippen molar-refractivity contribution in [3.8, 4) is 34.5 Å². The fourth-order valence-electron chi connectivity index (χ4n) is 5.33. The molecule has 0 saturated carbocycles. The van der Waals surface area contributed by atoms with Crippen molar-refractivity contribution in [3.05, 3.63) is 95.6 Å². The number of hydrogen-bond donors (Lipinski definition) is 1. The molecule has 0 radical (unpaired) electrons. The molecule has 4 aromatic rings. The highest BCUT2D eigenvalue weighted by Crippen LogP contribution is 2.39. The van der Waals surface area contributed by atoms with Crippen molar-refractivity contribution in [1.29, 1.82) is 0 Å². The first kappa shape index (κ1) is 44.5. The zero-order valence-corrected chi connectivity index (χ0v) is 34.5. The quantitative estimate of drug-likeness (QED) is 0.0529. The topological polar surface area (TPSA) is 109 Å². The molecule has 1 amide bonds. The van der Waals surface area contributed by atoms with Gasteiger partial charge in [0.15, 0.2) is 53.6 Å². The Labute approximate surface area is 337 Å². The predicted molar refractivity (Wildman–Crippen MR) is 223 cm³/mol. The van der Waals surface area contributed by atoms with Crippen LogP contribution in [0.15, 0.2) is 73.3 Å². The van der Waals surface area contributed by atoms with Gasteiger partial charge < -0.3 is 33.7 Å². The van der Waals surface area contributed by atoms with Gasteiger partial charge >= 0.3 is 0 Å². The van der Waals surface area contributed by atoms with E-state index in [1.165, 1.54) is 0 Å². The maximum atomic E-state index is 12.6. The number of ether oxygens (including phenoxy) is 6. The van der Waals surface area contributed by atoms with E-state index in [9.17, 15) is 9.59 Å². The lowest BCUT2D eigenvalue weighted by atomic mass is 10.1. The smallest absolute Gasteiger partial charge is 0.286 e. The fraction of sp³-hybridized carbons (Fsp3) is 0.317. The summed E-state index contributed by atoms with van der Waals surface area (Å²) < 4.78 is 36.3. The number of aromatic nitrogens is 2. The monoisotopic (exact) mass is 811 g/mol. The summed E-state index contributed by atoms with van der Waals surface area (Å²) in [6.07, 6.45) is 16.8. The van der Waals surface area contributed by atoms with Crippen molar-refractivity contribution in [2.45, 2.75) is 25.9 Å². The van der Waals surface area contributed by atoms with Gasteiger partial charge in [-0.1, -0.05) is 45.9 Å². The molecule has 55 heavy (non-hydrogen) atoms. The number of benzene rings is 2.